The van der Waals surface area contributed by atoms with Crippen molar-refractivity contribution in [2.75, 3.05) is 55.1 Å². The minimum Gasteiger partial charge on any atom is -0.491 e. The molecule has 2 heterocycles. The van der Waals surface area contributed by atoms with Crippen molar-refractivity contribution in [1.82, 2.24) is 9.97 Å². The molecule has 11 nitrogen and oxygen atoms in total. The summed E-state index contributed by atoms with van der Waals surface area (Å²) in [6.07, 6.45) is 3.50. The van der Waals surface area contributed by atoms with Gasteiger partial charge >= 0.3 is 6.03 Å². The van der Waals surface area contributed by atoms with Gasteiger partial charge in [0, 0.05) is 19.2 Å². The molecule has 0 unspecified atom stereocenters. The van der Waals surface area contributed by atoms with E-state index in [1.54, 1.807) is 17.0 Å². The van der Waals surface area contributed by atoms with E-state index >= 15 is 0 Å². The Morgan fingerprint density at radius 1 is 1.12 bits per heavy atom. The highest BCUT2D eigenvalue weighted by molar-refractivity contribution is 6.33. The highest BCUT2D eigenvalue weighted by Gasteiger charge is 2.18. The lowest BCUT2D eigenvalue weighted by Gasteiger charge is -2.25. The number of aliphatic hydroxyl groups is 2. The molecular weight excluding hydrogens is 452 g/mol. The molecule has 4 N–H and O–H groups in total. The number of benzene rings is 1. The van der Waals surface area contributed by atoms with Crippen LogP contribution in [-0.4, -0.2) is 65.7 Å². The molecule has 2 amide bonds. The molecule has 1 aliphatic rings. The van der Waals surface area contributed by atoms with E-state index in [4.69, 9.17) is 21.1 Å². The molecule has 0 saturated carbocycles. The van der Waals surface area contributed by atoms with Gasteiger partial charge in [0.2, 0.25) is 5.69 Å². The van der Waals surface area contributed by atoms with Gasteiger partial charge < -0.3 is 29.9 Å². The number of carbonyl (C=O) groups excluding carboxylic acids is 1. The monoisotopic (exact) mass is 476 g/mol. The largest absolute Gasteiger partial charge is 0.491 e. The Bertz CT molecular complexity index is 1010. The van der Waals surface area contributed by atoms with Gasteiger partial charge in [-0.25, -0.2) is 9.78 Å². The molecule has 0 fully saturated rings. The number of carbonyl (C=O) groups is 1. The van der Waals surface area contributed by atoms with Crippen molar-refractivity contribution in [2.24, 2.45) is 0 Å². The number of amides is 2. The number of fused-ring (bicyclic) bond motifs is 3. The first kappa shape index (κ1) is 24.3. The zero-order chi connectivity index (χ0) is 23.6. The van der Waals surface area contributed by atoms with Crippen LogP contribution in [0.25, 0.3) is 0 Å². The maximum atomic E-state index is 12.6. The van der Waals surface area contributed by atoms with Crippen molar-refractivity contribution < 1.29 is 24.5 Å². The summed E-state index contributed by atoms with van der Waals surface area (Å²) < 4.78 is 11.5. The van der Waals surface area contributed by atoms with Gasteiger partial charge in [-0.1, -0.05) is 11.6 Å². The molecule has 33 heavy (non-hydrogen) atoms. The molecule has 2 aromatic rings. The van der Waals surface area contributed by atoms with Crippen molar-refractivity contribution in [3.05, 3.63) is 29.0 Å². The summed E-state index contributed by atoms with van der Waals surface area (Å²) in [5.41, 5.74) is 0.936. The minimum absolute atomic E-state index is 0.0357. The fraction of sp³-hybridized carbons (Fsp3) is 0.429. The number of nitrogens with one attached hydrogen (secondary N) is 2. The third-order valence-electron chi connectivity index (χ3n) is 4.75. The first-order valence-electron chi connectivity index (χ1n) is 10.5. The summed E-state index contributed by atoms with van der Waals surface area (Å²) in [6, 6.07) is 4.52. The highest BCUT2D eigenvalue weighted by atomic mass is 35.5. The van der Waals surface area contributed by atoms with Crippen molar-refractivity contribution in [3.63, 3.8) is 0 Å². The standard InChI is InChI=1S/C21H25ClN6O5/c22-14-10-15-18(11-17(14)28(4-6-29)5-7-30)32-8-2-1-3-9-33-20-16(12-23)24-13-19(26-20)27-21(31)25-15/h10-11,13,29-30H,1-9H2,(H2,25,26,27,31). The van der Waals surface area contributed by atoms with Crippen LogP contribution in [0.2, 0.25) is 5.02 Å². The lowest BCUT2D eigenvalue weighted by Crippen LogP contribution is -2.30. The number of nitrogens with zero attached hydrogens (tertiary/aromatic N) is 4. The third-order valence-corrected chi connectivity index (χ3v) is 5.05. The third kappa shape index (κ3) is 6.58. The predicted molar refractivity (Wildman–Crippen MR) is 122 cm³/mol. The van der Waals surface area contributed by atoms with E-state index in [0.29, 0.717) is 41.8 Å². The Balaban J connectivity index is 1.91. The van der Waals surface area contributed by atoms with E-state index in [2.05, 4.69) is 20.6 Å². The number of halogens is 1. The predicted octanol–water partition coefficient (Wildman–Crippen LogP) is 2.38. The fourth-order valence-electron chi connectivity index (χ4n) is 3.21. The minimum atomic E-state index is -0.619. The maximum Gasteiger partial charge on any atom is 0.325 e. The van der Waals surface area contributed by atoms with Crippen LogP contribution in [0.5, 0.6) is 11.6 Å². The summed E-state index contributed by atoms with van der Waals surface area (Å²) in [5.74, 6) is 0.559. The smallest absolute Gasteiger partial charge is 0.325 e. The molecule has 0 radical (unpaired) electrons. The van der Waals surface area contributed by atoms with Gasteiger partial charge in [-0.3, -0.25) is 5.32 Å². The van der Waals surface area contributed by atoms with Crippen molar-refractivity contribution in [3.8, 4) is 17.7 Å². The molecule has 1 aliphatic heterocycles. The number of aliphatic hydroxyl groups excluding tert-OH is 2. The van der Waals surface area contributed by atoms with Crippen LogP contribution in [0.3, 0.4) is 0 Å². The zero-order valence-corrected chi connectivity index (χ0v) is 18.6. The lowest BCUT2D eigenvalue weighted by molar-refractivity contribution is 0.261. The number of hydrogen-bond acceptors (Lipinski definition) is 9. The Hall–Kier alpha value is -3.33. The molecule has 0 spiro atoms. The van der Waals surface area contributed by atoms with Crippen LogP contribution in [0.4, 0.5) is 22.0 Å². The molecule has 0 aliphatic carbocycles. The van der Waals surface area contributed by atoms with E-state index in [9.17, 15) is 20.3 Å². The Morgan fingerprint density at radius 2 is 1.85 bits per heavy atom. The van der Waals surface area contributed by atoms with Gasteiger partial charge in [0.1, 0.15) is 11.8 Å². The van der Waals surface area contributed by atoms with Gasteiger partial charge in [0.15, 0.2) is 5.82 Å². The quantitative estimate of drug-likeness (QED) is 0.509. The van der Waals surface area contributed by atoms with Crippen LogP contribution in [-0.2, 0) is 0 Å². The summed E-state index contributed by atoms with van der Waals surface area (Å²) in [5, 5.41) is 33.5. The van der Waals surface area contributed by atoms with Crippen molar-refractivity contribution in [1.29, 1.82) is 5.26 Å². The number of urea groups is 1. The highest BCUT2D eigenvalue weighted by Crippen LogP contribution is 2.37. The summed E-state index contributed by atoms with van der Waals surface area (Å²) in [4.78, 5) is 22.5. The summed E-state index contributed by atoms with van der Waals surface area (Å²) in [7, 11) is 0. The van der Waals surface area contributed by atoms with Gasteiger partial charge in [-0.2, -0.15) is 10.2 Å². The second-order valence-electron chi connectivity index (χ2n) is 7.09. The molecule has 1 aromatic carbocycles. The molecule has 2 bridgehead atoms. The molecule has 0 atom stereocenters. The van der Waals surface area contributed by atoms with Gasteiger partial charge in [-0.15, -0.1) is 0 Å². The number of nitriles is 1. The van der Waals surface area contributed by atoms with E-state index in [1.165, 1.54) is 6.20 Å². The zero-order valence-electron chi connectivity index (χ0n) is 17.9. The Labute approximate surface area is 195 Å². The van der Waals surface area contributed by atoms with Crippen LogP contribution in [0.1, 0.15) is 25.0 Å². The first-order valence-corrected chi connectivity index (χ1v) is 10.8. The molecule has 3 rings (SSSR count). The molecule has 0 saturated heterocycles. The number of hydrogen-bond donors (Lipinski definition) is 4. The average molecular weight is 477 g/mol. The molecule has 1 aromatic heterocycles. The van der Waals surface area contributed by atoms with E-state index in [-0.39, 0.29) is 43.7 Å². The molecular formula is C21H25ClN6O5. The molecule has 12 heteroatoms. The van der Waals surface area contributed by atoms with Crippen molar-refractivity contribution in [2.45, 2.75) is 19.3 Å². The van der Waals surface area contributed by atoms with Crippen LogP contribution >= 0.6 is 11.6 Å². The number of aromatic nitrogens is 2. The normalized spacial score (nSPS) is 14.2. The van der Waals surface area contributed by atoms with Crippen LogP contribution in [0, 0.1) is 11.3 Å². The van der Waals surface area contributed by atoms with Crippen LogP contribution in [0.15, 0.2) is 18.3 Å². The SMILES string of the molecule is N#Cc1ncc2nc1OCCCCCOc1cc(N(CCO)CCO)c(Cl)cc1NC(=O)N2. The van der Waals surface area contributed by atoms with E-state index in [0.717, 1.165) is 12.8 Å². The summed E-state index contributed by atoms with van der Waals surface area (Å²) >= 11 is 6.46. The molecule has 176 valence electrons. The van der Waals surface area contributed by atoms with Gasteiger partial charge in [-0.05, 0) is 25.3 Å². The van der Waals surface area contributed by atoms with Crippen molar-refractivity contribution >= 4 is 34.8 Å². The summed E-state index contributed by atoms with van der Waals surface area (Å²) in [6.45, 7) is 1.02. The van der Waals surface area contributed by atoms with E-state index < -0.39 is 6.03 Å². The Kier molecular flexibility index (Phi) is 8.88. The maximum absolute atomic E-state index is 12.6. The fourth-order valence-corrected chi connectivity index (χ4v) is 3.49. The first-order chi connectivity index (χ1) is 16.0. The van der Waals surface area contributed by atoms with E-state index in [1.807, 2.05) is 6.07 Å². The second kappa shape index (κ2) is 12.1. The number of anilines is 3. The average Bonchev–Trinajstić information content (AvgIpc) is 2.79. The number of rotatable bonds is 5. The van der Waals surface area contributed by atoms with Crippen LogP contribution < -0.4 is 25.0 Å². The van der Waals surface area contributed by atoms with Gasteiger partial charge in [0.05, 0.1) is 49.0 Å². The second-order valence-corrected chi connectivity index (χ2v) is 7.50. The Morgan fingerprint density at radius 3 is 2.55 bits per heavy atom. The number of ether oxygens (including phenoxy) is 2. The lowest BCUT2D eigenvalue weighted by atomic mass is 10.2. The van der Waals surface area contributed by atoms with Gasteiger partial charge in [0.25, 0.3) is 5.88 Å². The topological polar surface area (TPSA) is 153 Å².